The number of carbonyl (C=O) groups excluding carboxylic acids is 1. The van der Waals surface area contributed by atoms with Gasteiger partial charge in [-0.05, 0) is 37.8 Å². The normalized spacial score (nSPS) is 22.0. The average Bonchev–Trinajstić information content (AvgIpc) is 3.15. The number of piperidine rings is 1. The molecule has 3 rings (SSSR count). The highest BCUT2D eigenvalue weighted by molar-refractivity contribution is 7.15. The van der Waals surface area contributed by atoms with E-state index < -0.39 is 0 Å². The van der Waals surface area contributed by atoms with E-state index in [0.717, 1.165) is 29.3 Å². The molecule has 6 heteroatoms. The molecule has 5 nitrogen and oxygen atoms in total. The van der Waals surface area contributed by atoms with Crippen molar-refractivity contribution in [1.82, 2.24) is 9.88 Å². The van der Waals surface area contributed by atoms with Crippen LogP contribution < -0.4 is 5.73 Å². The predicted molar refractivity (Wildman–Crippen MR) is 86.8 cm³/mol. The molecule has 22 heavy (non-hydrogen) atoms. The van der Waals surface area contributed by atoms with Crippen molar-refractivity contribution in [3.05, 3.63) is 29.0 Å². The number of amides is 1. The first kappa shape index (κ1) is 15.2. The molecule has 0 radical (unpaired) electrons. The number of carbonyl (C=O) groups is 1. The van der Waals surface area contributed by atoms with Crippen LogP contribution in [0.4, 0.5) is 0 Å². The third-order valence-electron chi connectivity index (χ3n) is 4.24. The molecule has 0 aromatic carbocycles. The Morgan fingerprint density at radius 2 is 2.41 bits per heavy atom. The smallest absolute Gasteiger partial charge is 0.273 e. The molecule has 1 aliphatic rings. The number of rotatable bonds is 3. The van der Waals surface area contributed by atoms with Crippen LogP contribution in [0.3, 0.4) is 0 Å². The summed E-state index contributed by atoms with van der Waals surface area (Å²) >= 11 is 1.49. The summed E-state index contributed by atoms with van der Waals surface area (Å²) in [4.78, 5) is 20.2. The van der Waals surface area contributed by atoms with Crippen LogP contribution in [-0.2, 0) is 0 Å². The number of furan rings is 1. The van der Waals surface area contributed by atoms with Gasteiger partial charge in [-0.25, -0.2) is 4.98 Å². The standard InChI is InChI=1S/C16H21N3O2S/c1-10-5-6-19(12(8-10)9-17)16(20)14-11(2)22-15(18-14)13-4-3-7-21-13/h3-4,7,10,12H,5-6,8-9,17H2,1-2H3. The second-order valence-corrected chi connectivity index (χ2v) is 7.12. The maximum absolute atomic E-state index is 12.9. The molecular weight excluding hydrogens is 298 g/mol. The third kappa shape index (κ3) is 2.80. The van der Waals surface area contributed by atoms with E-state index >= 15 is 0 Å². The second-order valence-electron chi connectivity index (χ2n) is 5.92. The zero-order valence-corrected chi connectivity index (χ0v) is 13.7. The van der Waals surface area contributed by atoms with Gasteiger partial charge in [0.25, 0.3) is 5.91 Å². The van der Waals surface area contributed by atoms with Gasteiger partial charge in [0.05, 0.1) is 6.26 Å². The Morgan fingerprint density at radius 3 is 3.09 bits per heavy atom. The van der Waals surface area contributed by atoms with Gasteiger partial charge in [-0.15, -0.1) is 11.3 Å². The van der Waals surface area contributed by atoms with Crippen LogP contribution >= 0.6 is 11.3 Å². The lowest BCUT2D eigenvalue weighted by atomic mass is 9.92. The number of hydrogen-bond donors (Lipinski definition) is 1. The van der Waals surface area contributed by atoms with Crippen molar-refractivity contribution in [2.45, 2.75) is 32.7 Å². The summed E-state index contributed by atoms with van der Waals surface area (Å²) in [6.45, 7) is 5.41. The second kappa shape index (κ2) is 6.22. The predicted octanol–water partition coefficient (Wildman–Crippen LogP) is 2.91. The molecule has 118 valence electrons. The molecule has 0 saturated carbocycles. The number of nitrogens with two attached hydrogens (primary N) is 1. The van der Waals surface area contributed by atoms with Crippen LogP contribution in [0, 0.1) is 12.8 Å². The molecular formula is C16H21N3O2S. The van der Waals surface area contributed by atoms with E-state index in [1.807, 2.05) is 24.0 Å². The van der Waals surface area contributed by atoms with Crippen LogP contribution in [0.15, 0.2) is 22.8 Å². The number of hydrogen-bond acceptors (Lipinski definition) is 5. The monoisotopic (exact) mass is 319 g/mol. The van der Waals surface area contributed by atoms with Crippen molar-refractivity contribution in [3.8, 4) is 10.8 Å². The van der Waals surface area contributed by atoms with E-state index in [0.29, 0.717) is 23.9 Å². The van der Waals surface area contributed by atoms with E-state index in [1.54, 1.807) is 6.26 Å². The maximum Gasteiger partial charge on any atom is 0.273 e. The Hall–Kier alpha value is -1.66. The summed E-state index contributed by atoms with van der Waals surface area (Å²) < 4.78 is 5.37. The van der Waals surface area contributed by atoms with E-state index in [1.165, 1.54) is 11.3 Å². The lowest BCUT2D eigenvalue weighted by Crippen LogP contribution is -2.49. The number of thiazole rings is 1. The van der Waals surface area contributed by atoms with E-state index in [4.69, 9.17) is 10.2 Å². The van der Waals surface area contributed by atoms with Gasteiger partial charge in [0.2, 0.25) is 0 Å². The zero-order valence-electron chi connectivity index (χ0n) is 12.9. The van der Waals surface area contributed by atoms with Gasteiger partial charge in [-0.1, -0.05) is 6.92 Å². The molecule has 0 bridgehead atoms. The van der Waals surface area contributed by atoms with Crippen LogP contribution in [0.2, 0.25) is 0 Å². The van der Waals surface area contributed by atoms with Gasteiger partial charge >= 0.3 is 0 Å². The number of aryl methyl sites for hydroxylation is 1. The summed E-state index contributed by atoms with van der Waals surface area (Å²) in [5, 5.41) is 0.750. The van der Waals surface area contributed by atoms with Crippen molar-refractivity contribution in [3.63, 3.8) is 0 Å². The molecule has 2 unspecified atom stereocenters. The minimum absolute atomic E-state index is 0.00564. The van der Waals surface area contributed by atoms with Crippen LogP contribution in [0.25, 0.3) is 10.8 Å². The Morgan fingerprint density at radius 1 is 1.59 bits per heavy atom. The molecule has 2 aromatic heterocycles. The van der Waals surface area contributed by atoms with Crippen LogP contribution in [0.1, 0.15) is 35.1 Å². The van der Waals surface area contributed by atoms with Crippen molar-refractivity contribution >= 4 is 17.2 Å². The fraction of sp³-hybridized carbons (Fsp3) is 0.500. The van der Waals surface area contributed by atoms with Crippen LogP contribution in [0.5, 0.6) is 0 Å². The summed E-state index contributed by atoms with van der Waals surface area (Å²) in [6, 6.07) is 3.80. The quantitative estimate of drug-likeness (QED) is 0.944. The first-order valence-corrected chi connectivity index (χ1v) is 8.44. The average molecular weight is 319 g/mol. The van der Waals surface area contributed by atoms with Crippen molar-refractivity contribution in [1.29, 1.82) is 0 Å². The van der Waals surface area contributed by atoms with Crippen molar-refractivity contribution in [2.75, 3.05) is 13.1 Å². The fourth-order valence-electron chi connectivity index (χ4n) is 2.98. The first-order chi connectivity index (χ1) is 10.6. The Kier molecular flexibility index (Phi) is 4.31. The summed E-state index contributed by atoms with van der Waals surface area (Å²) in [5.41, 5.74) is 6.40. The van der Waals surface area contributed by atoms with Crippen molar-refractivity contribution < 1.29 is 9.21 Å². The minimum atomic E-state index is -0.00564. The fourth-order valence-corrected chi connectivity index (χ4v) is 3.85. The van der Waals surface area contributed by atoms with Gasteiger partial charge in [-0.3, -0.25) is 4.79 Å². The SMILES string of the molecule is Cc1sc(-c2ccco2)nc1C(=O)N1CCC(C)CC1CN. The molecule has 1 amide bonds. The van der Waals surface area contributed by atoms with Gasteiger partial charge in [-0.2, -0.15) is 0 Å². The van der Waals surface area contributed by atoms with Gasteiger partial charge in [0, 0.05) is 24.0 Å². The highest BCUT2D eigenvalue weighted by Crippen LogP contribution is 2.30. The molecule has 2 atom stereocenters. The minimum Gasteiger partial charge on any atom is -0.462 e. The van der Waals surface area contributed by atoms with E-state index in [2.05, 4.69) is 11.9 Å². The lowest BCUT2D eigenvalue weighted by Gasteiger charge is -2.37. The molecule has 2 aromatic rings. The molecule has 1 aliphatic heterocycles. The molecule has 0 aliphatic carbocycles. The molecule has 0 spiro atoms. The highest BCUT2D eigenvalue weighted by atomic mass is 32.1. The first-order valence-electron chi connectivity index (χ1n) is 7.62. The van der Waals surface area contributed by atoms with Gasteiger partial charge in [0.15, 0.2) is 10.8 Å². The largest absolute Gasteiger partial charge is 0.462 e. The third-order valence-corrected chi connectivity index (χ3v) is 5.23. The lowest BCUT2D eigenvalue weighted by molar-refractivity contribution is 0.0568. The Balaban J connectivity index is 1.86. The maximum atomic E-state index is 12.9. The number of nitrogens with zero attached hydrogens (tertiary/aromatic N) is 2. The zero-order chi connectivity index (χ0) is 15.7. The van der Waals surface area contributed by atoms with Gasteiger partial charge < -0.3 is 15.1 Å². The summed E-state index contributed by atoms with van der Waals surface area (Å²) in [6.07, 6.45) is 3.61. The highest BCUT2D eigenvalue weighted by Gasteiger charge is 2.31. The molecule has 1 saturated heterocycles. The molecule has 1 fully saturated rings. The van der Waals surface area contributed by atoms with Gasteiger partial charge in [0.1, 0.15) is 5.69 Å². The number of likely N-dealkylation sites (tertiary alicyclic amines) is 1. The van der Waals surface area contributed by atoms with E-state index in [-0.39, 0.29) is 11.9 Å². The topological polar surface area (TPSA) is 72.4 Å². The Bertz CT molecular complexity index is 650. The summed E-state index contributed by atoms with van der Waals surface area (Å²) in [7, 11) is 0. The Labute approximate surface area is 134 Å². The molecule has 2 N–H and O–H groups in total. The van der Waals surface area contributed by atoms with Crippen molar-refractivity contribution in [2.24, 2.45) is 11.7 Å². The summed E-state index contributed by atoms with van der Waals surface area (Å²) in [5.74, 6) is 1.32. The van der Waals surface area contributed by atoms with Crippen LogP contribution in [-0.4, -0.2) is 34.9 Å². The number of aromatic nitrogens is 1. The molecule has 3 heterocycles. The van der Waals surface area contributed by atoms with E-state index in [9.17, 15) is 4.79 Å².